The minimum Gasteiger partial charge on any atom is -0.396 e. The third-order valence-corrected chi connectivity index (χ3v) is 4.28. The number of aliphatic hydroxyl groups excluding tert-OH is 1. The second kappa shape index (κ2) is 6.12. The molecule has 0 atom stereocenters. The van der Waals surface area contributed by atoms with Crippen LogP contribution in [-0.4, -0.2) is 34.9 Å². The quantitative estimate of drug-likeness (QED) is 0.771. The zero-order chi connectivity index (χ0) is 14.6. The second-order valence-electron chi connectivity index (χ2n) is 4.30. The SMILES string of the molecule is Cn1cnnc1CNS(=O)(=O)c1ccc(CCO)cc1. The molecule has 0 aliphatic rings. The van der Waals surface area contributed by atoms with E-state index < -0.39 is 10.0 Å². The van der Waals surface area contributed by atoms with Crippen molar-refractivity contribution in [3.05, 3.63) is 42.0 Å². The highest BCUT2D eigenvalue weighted by Crippen LogP contribution is 2.11. The van der Waals surface area contributed by atoms with Gasteiger partial charge in [-0.15, -0.1) is 10.2 Å². The van der Waals surface area contributed by atoms with Gasteiger partial charge in [-0.2, -0.15) is 0 Å². The molecule has 1 aromatic heterocycles. The Labute approximate surface area is 117 Å². The van der Waals surface area contributed by atoms with Gasteiger partial charge in [0.05, 0.1) is 11.4 Å². The van der Waals surface area contributed by atoms with Gasteiger partial charge in [0.1, 0.15) is 12.2 Å². The lowest BCUT2D eigenvalue weighted by Gasteiger charge is -2.07. The number of nitrogens with zero attached hydrogens (tertiary/aromatic N) is 3. The lowest BCUT2D eigenvalue weighted by atomic mass is 10.2. The summed E-state index contributed by atoms with van der Waals surface area (Å²) >= 11 is 0. The van der Waals surface area contributed by atoms with E-state index in [0.29, 0.717) is 12.2 Å². The summed E-state index contributed by atoms with van der Waals surface area (Å²) in [5, 5.41) is 16.3. The van der Waals surface area contributed by atoms with Crippen LogP contribution in [-0.2, 0) is 30.0 Å². The van der Waals surface area contributed by atoms with Crippen molar-refractivity contribution in [2.75, 3.05) is 6.61 Å². The van der Waals surface area contributed by atoms with E-state index in [4.69, 9.17) is 5.11 Å². The molecule has 8 heteroatoms. The molecule has 2 N–H and O–H groups in total. The summed E-state index contributed by atoms with van der Waals surface area (Å²) in [6, 6.07) is 6.41. The Morgan fingerprint density at radius 2 is 2.00 bits per heavy atom. The van der Waals surface area contributed by atoms with Crippen LogP contribution in [0.15, 0.2) is 35.5 Å². The van der Waals surface area contributed by atoms with Crippen LogP contribution in [0.5, 0.6) is 0 Å². The third kappa shape index (κ3) is 3.41. The van der Waals surface area contributed by atoms with E-state index in [-0.39, 0.29) is 18.0 Å². The van der Waals surface area contributed by atoms with Crippen LogP contribution in [0.3, 0.4) is 0 Å². The lowest BCUT2D eigenvalue weighted by molar-refractivity contribution is 0.299. The van der Waals surface area contributed by atoms with E-state index in [1.807, 2.05) is 0 Å². The van der Waals surface area contributed by atoms with Crippen LogP contribution >= 0.6 is 0 Å². The molecule has 0 aliphatic carbocycles. The van der Waals surface area contributed by atoms with Crippen molar-refractivity contribution in [2.45, 2.75) is 17.9 Å². The fourth-order valence-electron chi connectivity index (χ4n) is 1.67. The molecule has 0 fully saturated rings. The lowest BCUT2D eigenvalue weighted by Crippen LogP contribution is -2.24. The van der Waals surface area contributed by atoms with E-state index >= 15 is 0 Å². The Morgan fingerprint density at radius 3 is 2.55 bits per heavy atom. The van der Waals surface area contributed by atoms with Gasteiger partial charge in [0.25, 0.3) is 0 Å². The van der Waals surface area contributed by atoms with Crippen molar-refractivity contribution >= 4 is 10.0 Å². The molecule has 0 bridgehead atoms. The predicted molar refractivity (Wildman–Crippen MR) is 72.3 cm³/mol. The number of nitrogens with one attached hydrogen (secondary N) is 1. The number of aromatic nitrogens is 3. The highest BCUT2D eigenvalue weighted by atomic mass is 32.2. The molecule has 1 aromatic carbocycles. The molecule has 7 nitrogen and oxygen atoms in total. The fraction of sp³-hybridized carbons (Fsp3) is 0.333. The maximum Gasteiger partial charge on any atom is 0.240 e. The Morgan fingerprint density at radius 1 is 1.30 bits per heavy atom. The number of rotatable bonds is 6. The zero-order valence-corrected chi connectivity index (χ0v) is 11.8. The van der Waals surface area contributed by atoms with Gasteiger partial charge in [-0.1, -0.05) is 12.1 Å². The first-order valence-electron chi connectivity index (χ1n) is 6.05. The van der Waals surface area contributed by atoms with Gasteiger partial charge in [-0.25, -0.2) is 13.1 Å². The smallest absolute Gasteiger partial charge is 0.240 e. The molecule has 0 unspecified atom stereocenters. The molecule has 2 aromatic rings. The van der Waals surface area contributed by atoms with Crippen molar-refractivity contribution in [1.82, 2.24) is 19.5 Å². The summed E-state index contributed by atoms with van der Waals surface area (Å²) in [6.07, 6.45) is 2.01. The van der Waals surface area contributed by atoms with Gasteiger partial charge in [0, 0.05) is 13.7 Å². The fourth-order valence-corrected chi connectivity index (χ4v) is 2.65. The Hall–Kier alpha value is -1.77. The van der Waals surface area contributed by atoms with Crippen molar-refractivity contribution in [3.8, 4) is 0 Å². The van der Waals surface area contributed by atoms with Gasteiger partial charge in [0.15, 0.2) is 0 Å². The average molecular weight is 296 g/mol. The molecule has 0 spiro atoms. The van der Waals surface area contributed by atoms with Crippen LogP contribution < -0.4 is 4.72 Å². The van der Waals surface area contributed by atoms with Gasteiger partial charge in [-0.3, -0.25) is 0 Å². The molecule has 0 saturated carbocycles. The molecule has 0 radical (unpaired) electrons. The van der Waals surface area contributed by atoms with E-state index in [0.717, 1.165) is 5.56 Å². The summed E-state index contributed by atoms with van der Waals surface area (Å²) in [5.74, 6) is 0.533. The normalized spacial score (nSPS) is 11.7. The first-order chi connectivity index (χ1) is 9.53. The number of benzene rings is 1. The highest BCUT2D eigenvalue weighted by Gasteiger charge is 2.14. The van der Waals surface area contributed by atoms with Crippen molar-refractivity contribution < 1.29 is 13.5 Å². The number of hydrogen-bond acceptors (Lipinski definition) is 5. The van der Waals surface area contributed by atoms with E-state index in [1.54, 1.807) is 23.7 Å². The summed E-state index contributed by atoms with van der Waals surface area (Å²) in [5.41, 5.74) is 0.889. The van der Waals surface area contributed by atoms with Crippen LogP contribution in [0, 0.1) is 0 Å². The number of hydrogen-bond donors (Lipinski definition) is 2. The highest BCUT2D eigenvalue weighted by molar-refractivity contribution is 7.89. The van der Waals surface area contributed by atoms with Crippen molar-refractivity contribution in [2.24, 2.45) is 7.05 Å². The second-order valence-corrected chi connectivity index (χ2v) is 6.07. The minimum atomic E-state index is -3.58. The molecule has 0 saturated heterocycles. The molecule has 2 rings (SSSR count). The van der Waals surface area contributed by atoms with Crippen molar-refractivity contribution in [1.29, 1.82) is 0 Å². The van der Waals surface area contributed by atoms with Crippen LogP contribution in [0.1, 0.15) is 11.4 Å². The predicted octanol–water partition coefficient (Wildman–Crippen LogP) is -0.172. The van der Waals surface area contributed by atoms with Gasteiger partial charge in [0.2, 0.25) is 10.0 Å². The molecule has 0 amide bonds. The molecule has 108 valence electrons. The van der Waals surface area contributed by atoms with E-state index in [2.05, 4.69) is 14.9 Å². The number of sulfonamides is 1. The molecular formula is C12H16N4O3S. The van der Waals surface area contributed by atoms with Crippen molar-refractivity contribution in [3.63, 3.8) is 0 Å². The van der Waals surface area contributed by atoms with Gasteiger partial charge >= 0.3 is 0 Å². The number of aliphatic hydroxyl groups is 1. The largest absolute Gasteiger partial charge is 0.396 e. The molecular weight excluding hydrogens is 280 g/mol. The first-order valence-corrected chi connectivity index (χ1v) is 7.53. The molecule has 1 heterocycles. The average Bonchev–Trinajstić information content (AvgIpc) is 2.83. The Kier molecular flexibility index (Phi) is 4.48. The topological polar surface area (TPSA) is 97.1 Å². The summed E-state index contributed by atoms with van der Waals surface area (Å²) < 4.78 is 28.3. The minimum absolute atomic E-state index is 0.0382. The monoisotopic (exact) mass is 296 g/mol. The van der Waals surface area contributed by atoms with Gasteiger partial charge < -0.3 is 9.67 Å². The number of aryl methyl sites for hydroxylation is 1. The Balaban J connectivity index is 2.08. The van der Waals surface area contributed by atoms with Crippen LogP contribution in [0.4, 0.5) is 0 Å². The molecule has 20 heavy (non-hydrogen) atoms. The Bertz CT molecular complexity index is 664. The summed E-state index contributed by atoms with van der Waals surface area (Å²) in [7, 11) is -1.84. The standard InChI is InChI=1S/C12H16N4O3S/c1-16-9-13-15-12(16)8-14-20(18,19)11-4-2-10(3-5-11)6-7-17/h2-5,9,14,17H,6-8H2,1H3. The summed E-state index contributed by atoms with van der Waals surface area (Å²) in [6.45, 7) is 0.119. The summed E-state index contributed by atoms with van der Waals surface area (Å²) in [4.78, 5) is 0.182. The first kappa shape index (κ1) is 14.6. The maximum atomic E-state index is 12.1. The van der Waals surface area contributed by atoms with E-state index in [9.17, 15) is 8.42 Å². The van der Waals surface area contributed by atoms with Crippen LogP contribution in [0.2, 0.25) is 0 Å². The van der Waals surface area contributed by atoms with Gasteiger partial charge in [-0.05, 0) is 24.1 Å². The third-order valence-electron chi connectivity index (χ3n) is 2.86. The zero-order valence-electron chi connectivity index (χ0n) is 11.0. The van der Waals surface area contributed by atoms with E-state index in [1.165, 1.54) is 18.5 Å². The van der Waals surface area contributed by atoms with Crippen LogP contribution in [0.25, 0.3) is 0 Å². The maximum absolute atomic E-state index is 12.1. The molecule has 0 aliphatic heterocycles.